The van der Waals surface area contributed by atoms with E-state index in [-0.39, 0.29) is 12.3 Å². The van der Waals surface area contributed by atoms with Crippen molar-refractivity contribution in [1.29, 1.82) is 0 Å². The quantitative estimate of drug-likeness (QED) is 0.666. The minimum atomic E-state index is -0.316. The van der Waals surface area contributed by atoms with E-state index < -0.39 is 0 Å². The van der Waals surface area contributed by atoms with E-state index in [4.69, 9.17) is 14.6 Å². The van der Waals surface area contributed by atoms with Crippen LogP contribution in [-0.2, 0) is 0 Å². The van der Waals surface area contributed by atoms with Crippen molar-refractivity contribution >= 4 is 5.71 Å². The van der Waals surface area contributed by atoms with Crippen LogP contribution in [0, 0.1) is 0 Å². The third kappa shape index (κ3) is 2.80. The Labute approximate surface area is 164 Å². The Hall–Kier alpha value is -3.34. The first-order valence-electron chi connectivity index (χ1n) is 9.58. The summed E-state index contributed by atoms with van der Waals surface area (Å²) in [6.45, 7) is 2.58. The number of rotatable bonds is 4. The van der Waals surface area contributed by atoms with E-state index in [0.717, 1.165) is 40.3 Å². The molecule has 2 aliphatic rings. The van der Waals surface area contributed by atoms with E-state index in [0.29, 0.717) is 6.61 Å². The molecule has 1 aromatic heterocycles. The van der Waals surface area contributed by atoms with Crippen LogP contribution in [0.3, 0.4) is 0 Å². The molecule has 0 amide bonds. The van der Waals surface area contributed by atoms with Gasteiger partial charge in [-0.2, -0.15) is 5.10 Å². The van der Waals surface area contributed by atoms with Crippen LogP contribution in [0.1, 0.15) is 42.3 Å². The van der Waals surface area contributed by atoms with E-state index in [2.05, 4.69) is 28.2 Å². The summed E-state index contributed by atoms with van der Waals surface area (Å²) in [7, 11) is 0. The van der Waals surface area contributed by atoms with Gasteiger partial charge in [-0.05, 0) is 30.7 Å². The third-order valence-corrected chi connectivity index (χ3v) is 5.18. The molecule has 2 aliphatic heterocycles. The number of fused-ring (bicyclic) bond motifs is 3. The summed E-state index contributed by atoms with van der Waals surface area (Å²) in [5.41, 5.74) is 4.36. The molecule has 5 heteroatoms. The number of nitrogens with zero attached hydrogens (tertiary/aromatic N) is 3. The molecule has 0 saturated heterocycles. The highest BCUT2D eigenvalue weighted by Gasteiger charge is 2.42. The van der Waals surface area contributed by atoms with Crippen molar-refractivity contribution in [1.82, 2.24) is 9.99 Å². The van der Waals surface area contributed by atoms with Crippen LogP contribution in [0.2, 0.25) is 0 Å². The highest BCUT2D eigenvalue weighted by Crippen LogP contribution is 2.50. The fraction of sp³-hybridized carbons (Fsp3) is 0.217. The lowest BCUT2D eigenvalue weighted by atomic mass is 9.95. The van der Waals surface area contributed by atoms with Gasteiger partial charge in [0.1, 0.15) is 0 Å². The predicted molar refractivity (Wildman–Crippen MR) is 107 cm³/mol. The first kappa shape index (κ1) is 16.8. The van der Waals surface area contributed by atoms with Crippen LogP contribution in [0.15, 0.2) is 78.2 Å². The Balaban J connectivity index is 1.62. The van der Waals surface area contributed by atoms with Gasteiger partial charge in [0.05, 0.1) is 18.4 Å². The second-order valence-corrected chi connectivity index (χ2v) is 6.87. The van der Waals surface area contributed by atoms with Gasteiger partial charge in [0.15, 0.2) is 11.5 Å². The Morgan fingerprint density at radius 2 is 1.86 bits per heavy atom. The standard InChI is InChI=1S/C23H21N3O2/c1-2-27-21-10-6-9-18-20-15-19(16-7-4-3-5-8-16)25-26(20)23(28-22(18)21)17-11-13-24-14-12-17/h3-14,20,23H,2,15H2,1H3/t20-,23-/m1/s1. The van der Waals surface area contributed by atoms with E-state index in [9.17, 15) is 0 Å². The molecule has 3 aromatic rings. The number of hydrazone groups is 1. The molecule has 5 rings (SSSR count). The zero-order chi connectivity index (χ0) is 18.9. The lowest BCUT2D eigenvalue weighted by Gasteiger charge is -2.38. The third-order valence-electron chi connectivity index (χ3n) is 5.18. The maximum atomic E-state index is 6.47. The summed E-state index contributed by atoms with van der Waals surface area (Å²) in [5.74, 6) is 1.60. The second-order valence-electron chi connectivity index (χ2n) is 6.87. The number of para-hydroxylation sites is 1. The zero-order valence-electron chi connectivity index (χ0n) is 15.7. The number of hydrogen-bond acceptors (Lipinski definition) is 5. The van der Waals surface area contributed by atoms with Crippen LogP contribution in [0.5, 0.6) is 11.5 Å². The molecule has 2 aromatic carbocycles. The smallest absolute Gasteiger partial charge is 0.214 e. The summed E-state index contributed by atoms with van der Waals surface area (Å²) in [6, 6.07) is 20.5. The fourth-order valence-electron chi connectivity index (χ4n) is 3.91. The molecule has 0 unspecified atom stereocenters. The molecule has 0 spiro atoms. The van der Waals surface area contributed by atoms with Gasteiger partial charge in [-0.3, -0.25) is 4.98 Å². The van der Waals surface area contributed by atoms with E-state index >= 15 is 0 Å². The normalized spacial score (nSPS) is 20.0. The summed E-state index contributed by atoms with van der Waals surface area (Å²) in [4.78, 5) is 4.14. The number of pyridine rings is 1. The average molecular weight is 371 g/mol. The van der Waals surface area contributed by atoms with Crippen molar-refractivity contribution in [3.63, 3.8) is 0 Å². The van der Waals surface area contributed by atoms with Gasteiger partial charge < -0.3 is 9.47 Å². The van der Waals surface area contributed by atoms with Crippen molar-refractivity contribution in [2.75, 3.05) is 6.61 Å². The van der Waals surface area contributed by atoms with Crippen LogP contribution in [0.4, 0.5) is 0 Å². The molecule has 0 saturated carbocycles. The van der Waals surface area contributed by atoms with E-state index in [1.807, 2.05) is 49.4 Å². The predicted octanol–water partition coefficient (Wildman–Crippen LogP) is 4.72. The molecule has 28 heavy (non-hydrogen) atoms. The van der Waals surface area contributed by atoms with Crippen molar-refractivity contribution < 1.29 is 9.47 Å². The Bertz CT molecular complexity index is 1000. The van der Waals surface area contributed by atoms with Gasteiger partial charge >= 0.3 is 0 Å². The molecule has 0 fully saturated rings. The Morgan fingerprint density at radius 3 is 2.64 bits per heavy atom. The minimum Gasteiger partial charge on any atom is -0.490 e. The molecular weight excluding hydrogens is 350 g/mol. The summed E-state index contributed by atoms with van der Waals surface area (Å²) in [5, 5.41) is 7.06. The maximum Gasteiger partial charge on any atom is 0.214 e. The highest BCUT2D eigenvalue weighted by molar-refractivity contribution is 6.01. The number of benzene rings is 2. The van der Waals surface area contributed by atoms with Gasteiger partial charge in [0.2, 0.25) is 6.23 Å². The highest BCUT2D eigenvalue weighted by atomic mass is 16.5. The van der Waals surface area contributed by atoms with Crippen molar-refractivity contribution in [3.05, 3.63) is 89.7 Å². The Morgan fingerprint density at radius 1 is 1.04 bits per heavy atom. The molecule has 5 nitrogen and oxygen atoms in total. The molecule has 0 bridgehead atoms. The molecule has 0 N–H and O–H groups in total. The van der Waals surface area contributed by atoms with Crippen molar-refractivity contribution in [3.8, 4) is 11.5 Å². The van der Waals surface area contributed by atoms with Crippen LogP contribution in [0.25, 0.3) is 0 Å². The molecule has 140 valence electrons. The fourth-order valence-corrected chi connectivity index (χ4v) is 3.91. The lowest BCUT2D eigenvalue weighted by molar-refractivity contribution is -0.0212. The Kier molecular flexibility index (Phi) is 4.20. The van der Waals surface area contributed by atoms with Gasteiger partial charge in [-0.25, -0.2) is 5.01 Å². The molecule has 0 aliphatic carbocycles. The summed E-state index contributed by atoms with van der Waals surface area (Å²) < 4.78 is 12.3. The largest absolute Gasteiger partial charge is 0.490 e. The lowest BCUT2D eigenvalue weighted by Crippen LogP contribution is -2.33. The molecule has 0 radical (unpaired) electrons. The van der Waals surface area contributed by atoms with Gasteiger partial charge in [0, 0.05) is 29.9 Å². The average Bonchev–Trinajstić information content (AvgIpc) is 3.21. The monoisotopic (exact) mass is 371 g/mol. The minimum absolute atomic E-state index is 0.109. The van der Waals surface area contributed by atoms with Gasteiger partial charge in [-0.15, -0.1) is 0 Å². The van der Waals surface area contributed by atoms with E-state index in [1.165, 1.54) is 0 Å². The summed E-state index contributed by atoms with van der Waals surface area (Å²) >= 11 is 0. The van der Waals surface area contributed by atoms with Crippen molar-refractivity contribution in [2.24, 2.45) is 5.10 Å². The number of aromatic nitrogens is 1. The first-order valence-corrected chi connectivity index (χ1v) is 9.58. The summed E-state index contributed by atoms with van der Waals surface area (Å²) in [6.07, 6.45) is 4.09. The topological polar surface area (TPSA) is 47.0 Å². The van der Waals surface area contributed by atoms with Gasteiger partial charge in [-0.1, -0.05) is 42.5 Å². The maximum absolute atomic E-state index is 6.47. The molecule has 3 heterocycles. The first-order chi connectivity index (χ1) is 13.8. The van der Waals surface area contributed by atoms with Crippen LogP contribution >= 0.6 is 0 Å². The molecular formula is C23H21N3O2. The number of ether oxygens (including phenoxy) is 2. The zero-order valence-corrected chi connectivity index (χ0v) is 15.7. The van der Waals surface area contributed by atoms with Crippen LogP contribution in [-0.4, -0.2) is 22.3 Å². The SMILES string of the molecule is CCOc1cccc2c1O[C@H](c1ccncc1)N1N=C(c3ccccc3)C[C@H]21. The van der Waals surface area contributed by atoms with Gasteiger partial charge in [0.25, 0.3) is 0 Å². The van der Waals surface area contributed by atoms with Crippen LogP contribution < -0.4 is 9.47 Å². The molecule has 2 atom stereocenters. The van der Waals surface area contributed by atoms with Crippen molar-refractivity contribution in [2.45, 2.75) is 25.6 Å². The second kappa shape index (κ2) is 7.00. The number of hydrogen-bond donors (Lipinski definition) is 0. The van der Waals surface area contributed by atoms with E-state index in [1.54, 1.807) is 12.4 Å².